The summed E-state index contributed by atoms with van der Waals surface area (Å²) >= 11 is 0. The smallest absolute Gasteiger partial charge is 0.305 e. The van der Waals surface area contributed by atoms with Crippen molar-refractivity contribution >= 4 is 30.1 Å². The highest BCUT2D eigenvalue weighted by molar-refractivity contribution is 5.93. The van der Waals surface area contributed by atoms with Crippen molar-refractivity contribution in [3.8, 4) is 0 Å². The van der Waals surface area contributed by atoms with E-state index in [9.17, 15) is 24.0 Å². The molecule has 0 aromatic rings. The summed E-state index contributed by atoms with van der Waals surface area (Å²) in [5.41, 5.74) is 4.80. The molecule has 4 amide bonds. The van der Waals surface area contributed by atoms with Crippen molar-refractivity contribution < 1.29 is 29.1 Å². The summed E-state index contributed by atoms with van der Waals surface area (Å²) in [5.74, 6) is -3.73. The second kappa shape index (κ2) is 8.44. The lowest BCUT2D eigenvalue weighted by Gasteiger charge is -2.16. The normalized spacial score (nSPS) is 10.9. The van der Waals surface area contributed by atoms with E-state index in [1.54, 1.807) is 0 Å². The molecule has 0 fully saturated rings. The molecule has 0 aliphatic heterocycles. The molecule has 0 aliphatic carbocycles. The Morgan fingerprint density at radius 2 is 1.84 bits per heavy atom. The molecule has 0 aliphatic rings. The van der Waals surface area contributed by atoms with Gasteiger partial charge in [-0.1, -0.05) is 0 Å². The van der Waals surface area contributed by atoms with Gasteiger partial charge >= 0.3 is 5.97 Å². The van der Waals surface area contributed by atoms with E-state index in [0.29, 0.717) is 0 Å². The number of carbonyl (C=O) groups excluding carboxylic acids is 4. The summed E-state index contributed by atoms with van der Waals surface area (Å²) in [7, 11) is 0. The zero-order valence-corrected chi connectivity index (χ0v) is 9.84. The molecule has 10 nitrogen and oxygen atoms in total. The summed E-state index contributed by atoms with van der Waals surface area (Å²) in [5, 5.41) is 14.8. The van der Waals surface area contributed by atoms with Gasteiger partial charge in [-0.15, -0.1) is 0 Å². The van der Waals surface area contributed by atoms with Crippen LogP contribution in [0.5, 0.6) is 0 Å². The van der Waals surface area contributed by atoms with Crippen molar-refractivity contribution in [1.29, 1.82) is 0 Å². The number of hydrogen-bond acceptors (Lipinski definition) is 5. The van der Waals surface area contributed by atoms with Crippen molar-refractivity contribution in [2.24, 2.45) is 5.73 Å². The van der Waals surface area contributed by atoms with Crippen LogP contribution in [0.25, 0.3) is 0 Å². The Labute approximate surface area is 107 Å². The van der Waals surface area contributed by atoms with Crippen molar-refractivity contribution in [2.45, 2.75) is 12.5 Å². The van der Waals surface area contributed by atoms with Gasteiger partial charge in [-0.3, -0.25) is 24.0 Å². The zero-order chi connectivity index (χ0) is 14.8. The minimum atomic E-state index is -1.36. The molecule has 1 atom stereocenters. The van der Waals surface area contributed by atoms with Crippen LogP contribution in [0.1, 0.15) is 6.42 Å². The Morgan fingerprint density at radius 3 is 2.32 bits per heavy atom. The topological polar surface area (TPSA) is 168 Å². The van der Waals surface area contributed by atoms with Gasteiger partial charge < -0.3 is 26.8 Å². The second-order valence-electron chi connectivity index (χ2n) is 3.40. The third-order valence-corrected chi connectivity index (χ3v) is 1.81. The van der Waals surface area contributed by atoms with E-state index in [1.807, 2.05) is 0 Å². The Kier molecular flexibility index (Phi) is 7.26. The maximum atomic E-state index is 11.5. The molecule has 0 radical (unpaired) electrons. The Hall–Kier alpha value is -2.65. The molecule has 0 aromatic heterocycles. The first-order valence-corrected chi connectivity index (χ1v) is 5.11. The van der Waals surface area contributed by atoms with Crippen LogP contribution in [-0.4, -0.2) is 54.3 Å². The van der Waals surface area contributed by atoms with Crippen molar-refractivity contribution in [2.75, 3.05) is 13.1 Å². The van der Waals surface area contributed by atoms with Crippen molar-refractivity contribution in [3.63, 3.8) is 0 Å². The van der Waals surface area contributed by atoms with Gasteiger partial charge in [0, 0.05) is 0 Å². The van der Waals surface area contributed by atoms with Crippen LogP contribution in [0.3, 0.4) is 0 Å². The van der Waals surface area contributed by atoms with E-state index in [-0.39, 0.29) is 6.41 Å². The van der Waals surface area contributed by atoms with Gasteiger partial charge in [-0.05, 0) is 0 Å². The van der Waals surface area contributed by atoms with Gasteiger partial charge in [-0.2, -0.15) is 0 Å². The molecular weight excluding hydrogens is 260 g/mol. The number of carboxylic acid groups (broad SMARTS) is 1. The first kappa shape index (κ1) is 16.4. The van der Waals surface area contributed by atoms with Gasteiger partial charge in [-0.25, -0.2) is 0 Å². The number of carboxylic acids is 1. The van der Waals surface area contributed by atoms with Crippen LogP contribution in [-0.2, 0) is 24.0 Å². The van der Waals surface area contributed by atoms with Crippen LogP contribution in [0.4, 0.5) is 0 Å². The fraction of sp³-hybridized carbons (Fsp3) is 0.444. The number of hydrogen-bond donors (Lipinski definition) is 5. The summed E-state index contributed by atoms with van der Waals surface area (Å²) in [6, 6.07) is -1.36. The molecule has 19 heavy (non-hydrogen) atoms. The molecule has 6 N–H and O–H groups in total. The fourth-order valence-electron chi connectivity index (χ4n) is 1.06. The maximum absolute atomic E-state index is 11.5. The van der Waals surface area contributed by atoms with E-state index in [4.69, 9.17) is 10.8 Å². The van der Waals surface area contributed by atoms with E-state index in [1.165, 1.54) is 0 Å². The van der Waals surface area contributed by atoms with Gasteiger partial charge in [0.25, 0.3) is 0 Å². The molecule has 0 heterocycles. The Morgan fingerprint density at radius 1 is 1.21 bits per heavy atom. The third kappa shape index (κ3) is 8.12. The number of primary amides is 1. The second-order valence-corrected chi connectivity index (χ2v) is 3.40. The number of amides is 4. The highest BCUT2D eigenvalue weighted by Gasteiger charge is 2.23. The first-order chi connectivity index (χ1) is 8.86. The van der Waals surface area contributed by atoms with E-state index in [2.05, 4.69) is 16.0 Å². The molecule has 0 unspecified atom stereocenters. The van der Waals surface area contributed by atoms with Crippen LogP contribution < -0.4 is 21.7 Å². The number of nitrogens with one attached hydrogen (secondary N) is 3. The van der Waals surface area contributed by atoms with Crippen LogP contribution in [0.15, 0.2) is 0 Å². The van der Waals surface area contributed by atoms with Crippen molar-refractivity contribution in [1.82, 2.24) is 16.0 Å². The molecule has 0 rings (SSSR count). The lowest BCUT2D eigenvalue weighted by molar-refractivity contribution is -0.140. The lowest BCUT2D eigenvalue weighted by Crippen LogP contribution is -2.51. The van der Waals surface area contributed by atoms with Gasteiger partial charge in [0.2, 0.25) is 24.1 Å². The Balaban J connectivity index is 4.47. The predicted octanol–water partition coefficient (Wildman–Crippen LogP) is -3.71. The summed E-state index contributed by atoms with van der Waals surface area (Å²) < 4.78 is 0. The lowest BCUT2D eigenvalue weighted by atomic mass is 10.2. The minimum Gasteiger partial charge on any atom is -0.481 e. The summed E-state index contributed by atoms with van der Waals surface area (Å²) in [4.78, 5) is 53.7. The molecule has 0 aromatic carbocycles. The maximum Gasteiger partial charge on any atom is 0.305 e. The monoisotopic (exact) mass is 274 g/mol. The predicted molar refractivity (Wildman–Crippen MR) is 60.5 cm³/mol. The van der Waals surface area contributed by atoms with Crippen LogP contribution in [0.2, 0.25) is 0 Å². The highest BCUT2D eigenvalue weighted by atomic mass is 16.4. The number of nitrogens with two attached hydrogens (primary N) is 1. The molecule has 106 valence electrons. The molecule has 10 heteroatoms. The molecule has 0 bridgehead atoms. The quantitative estimate of drug-likeness (QED) is 0.271. The number of carbonyl (C=O) groups is 5. The number of aliphatic carboxylic acids is 1. The fourth-order valence-corrected chi connectivity index (χ4v) is 1.06. The largest absolute Gasteiger partial charge is 0.481 e. The molecular formula is C9H14N4O6. The number of rotatable bonds is 9. The molecule has 0 saturated heterocycles. The average Bonchev–Trinajstić information content (AvgIpc) is 2.31. The summed E-state index contributed by atoms with van der Waals surface area (Å²) in [6.45, 7) is -0.875. The Bertz CT molecular complexity index is 383. The molecule has 0 saturated carbocycles. The zero-order valence-electron chi connectivity index (χ0n) is 9.84. The van der Waals surface area contributed by atoms with Crippen LogP contribution in [0, 0.1) is 0 Å². The summed E-state index contributed by atoms with van der Waals surface area (Å²) in [6.07, 6.45) is -0.392. The highest BCUT2D eigenvalue weighted by Crippen LogP contribution is 1.93. The van der Waals surface area contributed by atoms with E-state index >= 15 is 0 Å². The van der Waals surface area contributed by atoms with Crippen molar-refractivity contribution in [3.05, 3.63) is 0 Å². The van der Waals surface area contributed by atoms with Gasteiger partial charge in [0.05, 0.1) is 19.5 Å². The van der Waals surface area contributed by atoms with E-state index in [0.717, 1.165) is 0 Å². The molecule has 0 spiro atoms. The van der Waals surface area contributed by atoms with E-state index < -0.39 is 49.2 Å². The van der Waals surface area contributed by atoms with Gasteiger partial charge in [0.15, 0.2) is 0 Å². The average molecular weight is 274 g/mol. The SMILES string of the molecule is NC(=O)CNC(=O)[C@H](CC(=O)O)NC(=O)CNC=O. The minimum absolute atomic E-state index is 0.277. The first-order valence-electron chi connectivity index (χ1n) is 5.11. The third-order valence-electron chi connectivity index (χ3n) is 1.81. The standard InChI is InChI=1S/C9H14N4O6/c10-6(15)2-12-9(19)5(1-8(17)18)13-7(16)3-11-4-14/h4-5H,1-3H2,(H2,10,15)(H,11,14)(H,12,19)(H,13,16)(H,17,18)/t5-/m0/s1. The van der Waals surface area contributed by atoms with Gasteiger partial charge in [0.1, 0.15) is 6.04 Å². The van der Waals surface area contributed by atoms with Crippen LogP contribution >= 0.6 is 0 Å².